The number of amides is 1. The van der Waals surface area contributed by atoms with Crippen LogP contribution in [0.15, 0.2) is 24.3 Å². The molecule has 1 aromatic rings. The van der Waals surface area contributed by atoms with Crippen LogP contribution in [-0.2, 0) is 4.79 Å². The molecule has 0 spiro atoms. The highest BCUT2D eigenvalue weighted by Gasteiger charge is 2.35. The van der Waals surface area contributed by atoms with Crippen LogP contribution in [0.25, 0.3) is 0 Å². The Morgan fingerprint density at radius 3 is 2.45 bits per heavy atom. The van der Waals surface area contributed by atoms with E-state index in [1.54, 1.807) is 24.3 Å². The number of nitrogens with one attached hydrogen (secondary N) is 1. The fourth-order valence-electron chi connectivity index (χ4n) is 1.20. The van der Waals surface area contributed by atoms with E-state index in [4.69, 9.17) is 51.1 Å². The Morgan fingerprint density at radius 1 is 1.40 bits per heavy atom. The van der Waals surface area contributed by atoms with Gasteiger partial charge in [-0.05, 0) is 31.2 Å². The van der Waals surface area contributed by atoms with E-state index in [9.17, 15) is 9.90 Å². The lowest BCUT2D eigenvalue weighted by molar-refractivity contribution is -0.130. The third-order valence-electron chi connectivity index (χ3n) is 2.35. The number of carbonyl (C=O) groups excluding carboxylic acids is 1. The number of benzene rings is 1. The van der Waals surface area contributed by atoms with E-state index in [0.29, 0.717) is 10.8 Å². The van der Waals surface area contributed by atoms with Crippen LogP contribution in [-0.4, -0.2) is 33.6 Å². The summed E-state index contributed by atoms with van der Waals surface area (Å²) in [6, 6.07) is 6.50. The van der Waals surface area contributed by atoms with Gasteiger partial charge in [-0.3, -0.25) is 4.79 Å². The summed E-state index contributed by atoms with van der Waals surface area (Å²) in [5.41, 5.74) is 0. The van der Waals surface area contributed by atoms with Crippen LogP contribution in [0, 0.1) is 0 Å². The third-order valence-corrected chi connectivity index (χ3v) is 3.98. The first-order chi connectivity index (χ1) is 9.26. The Kier molecular flexibility index (Phi) is 6.69. The molecule has 2 atom stereocenters. The summed E-state index contributed by atoms with van der Waals surface area (Å²) in [7, 11) is 0. The van der Waals surface area contributed by atoms with Crippen molar-refractivity contribution in [2.24, 2.45) is 0 Å². The monoisotopic (exact) mass is 359 g/mol. The van der Waals surface area contributed by atoms with Crippen LogP contribution in [0.5, 0.6) is 5.75 Å². The Balaban J connectivity index is 2.57. The van der Waals surface area contributed by atoms with Crippen LogP contribution in [0.4, 0.5) is 0 Å². The molecule has 20 heavy (non-hydrogen) atoms. The molecule has 1 aromatic carbocycles. The fourth-order valence-corrected chi connectivity index (χ4v) is 1.58. The number of hydrogen-bond acceptors (Lipinski definition) is 3. The van der Waals surface area contributed by atoms with E-state index in [0.717, 1.165) is 0 Å². The smallest absolute Gasteiger partial charge is 0.262 e. The zero-order chi connectivity index (χ0) is 15.3. The van der Waals surface area contributed by atoms with Crippen molar-refractivity contribution in [2.75, 3.05) is 5.88 Å². The molecule has 1 amide bonds. The number of halogens is 4. The predicted octanol–water partition coefficient (Wildman–Crippen LogP) is 2.95. The largest absolute Gasteiger partial charge is 0.481 e. The van der Waals surface area contributed by atoms with Gasteiger partial charge in [0.2, 0.25) is 0 Å². The predicted molar refractivity (Wildman–Crippen MR) is 80.8 cm³/mol. The van der Waals surface area contributed by atoms with Gasteiger partial charge in [0, 0.05) is 5.02 Å². The quantitative estimate of drug-likeness (QED) is 0.605. The maximum absolute atomic E-state index is 11.8. The molecule has 0 aliphatic rings. The van der Waals surface area contributed by atoms with Crippen molar-refractivity contribution in [3.63, 3.8) is 0 Å². The first kappa shape index (κ1) is 17.7. The van der Waals surface area contributed by atoms with Gasteiger partial charge in [0.15, 0.2) is 16.7 Å². The maximum Gasteiger partial charge on any atom is 0.262 e. The number of carbonyl (C=O) groups is 1. The Hall–Kier alpha value is -0.390. The molecule has 0 aromatic heterocycles. The molecule has 8 heteroatoms. The lowest BCUT2D eigenvalue weighted by Gasteiger charge is -2.25. The van der Waals surface area contributed by atoms with Gasteiger partial charge in [-0.2, -0.15) is 0 Å². The first-order valence-corrected chi connectivity index (χ1v) is 7.27. The zero-order valence-corrected chi connectivity index (χ0v) is 13.5. The summed E-state index contributed by atoms with van der Waals surface area (Å²) in [6.45, 7) is 1.52. The number of aliphatic hydroxyl groups is 1. The lowest BCUT2D eigenvalue weighted by atomic mass is 10.3. The average molecular weight is 361 g/mol. The Labute approximate surface area is 136 Å². The van der Waals surface area contributed by atoms with Gasteiger partial charge < -0.3 is 15.2 Å². The molecule has 0 aliphatic carbocycles. The molecular formula is C12H13Cl4NO3. The van der Waals surface area contributed by atoms with E-state index in [-0.39, 0.29) is 5.88 Å². The molecule has 0 radical (unpaired) electrons. The minimum absolute atomic E-state index is 0.246. The summed E-state index contributed by atoms with van der Waals surface area (Å²) in [4.78, 5) is 11.8. The normalized spacial score (nSPS) is 14.5. The van der Waals surface area contributed by atoms with Gasteiger partial charge in [-0.25, -0.2) is 0 Å². The second-order valence-corrected chi connectivity index (χ2v) is 6.27. The van der Waals surface area contributed by atoms with Gasteiger partial charge >= 0.3 is 0 Å². The Morgan fingerprint density at radius 2 is 1.95 bits per heavy atom. The Bertz CT molecular complexity index is 453. The van der Waals surface area contributed by atoms with Crippen molar-refractivity contribution >= 4 is 52.3 Å². The number of hydrogen-bond donors (Lipinski definition) is 2. The summed E-state index contributed by atoms with van der Waals surface area (Å²) in [5.74, 6) is -0.362. The highest BCUT2D eigenvalue weighted by Crippen LogP contribution is 2.25. The van der Waals surface area contributed by atoms with E-state index in [1.165, 1.54) is 6.92 Å². The van der Waals surface area contributed by atoms with Gasteiger partial charge in [-0.15, -0.1) is 11.6 Å². The van der Waals surface area contributed by atoms with Crippen LogP contribution in [0.1, 0.15) is 6.92 Å². The van der Waals surface area contributed by atoms with Crippen LogP contribution in [0.3, 0.4) is 0 Å². The van der Waals surface area contributed by atoms with Crippen molar-refractivity contribution in [3.05, 3.63) is 29.3 Å². The molecule has 2 unspecified atom stereocenters. The summed E-state index contributed by atoms with van der Waals surface area (Å²) in [6.07, 6.45) is -2.36. The van der Waals surface area contributed by atoms with Crippen molar-refractivity contribution in [2.45, 2.75) is 23.6 Å². The molecule has 0 saturated carbocycles. The molecule has 2 N–H and O–H groups in total. The topological polar surface area (TPSA) is 58.6 Å². The molecule has 0 saturated heterocycles. The molecule has 0 fully saturated rings. The molecule has 4 nitrogen and oxygen atoms in total. The molecule has 1 rings (SSSR count). The third kappa shape index (κ3) is 5.19. The SMILES string of the molecule is CC(Oc1ccc(Cl)cc1)C(=O)NC(O)C(Cl)(Cl)CCl. The zero-order valence-electron chi connectivity index (χ0n) is 10.4. The highest BCUT2D eigenvalue weighted by atomic mass is 35.5. The van der Waals surface area contributed by atoms with Crippen molar-refractivity contribution < 1.29 is 14.6 Å². The first-order valence-electron chi connectivity index (χ1n) is 5.60. The minimum atomic E-state index is -1.67. The van der Waals surface area contributed by atoms with Gasteiger partial charge in [-0.1, -0.05) is 34.8 Å². The maximum atomic E-state index is 11.8. The standard InChI is InChI=1S/C12H13Cl4NO3/c1-7(20-9-4-2-8(14)3-5-9)10(18)17-11(19)12(15,16)6-13/h2-5,7,11,19H,6H2,1H3,(H,17,18). The summed E-state index contributed by atoms with van der Waals surface area (Å²) < 4.78 is 3.71. The fraction of sp³-hybridized carbons (Fsp3) is 0.417. The molecule has 0 bridgehead atoms. The number of rotatable bonds is 6. The van der Waals surface area contributed by atoms with E-state index < -0.39 is 22.6 Å². The number of ether oxygens (including phenoxy) is 1. The molecule has 0 aliphatic heterocycles. The van der Waals surface area contributed by atoms with E-state index in [2.05, 4.69) is 5.32 Å². The van der Waals surface area contributed by atoms with Gasteiger partial charge in [0.1, 0.15) is 5.75 Å². The van der Waals surface area contributed by atoms with Gasteiger partial charge in [0.25, 0.3) is 5.91 Å². The molecule has 0 heterocycles. The van der Waals surface area contributed by atoms with E-state index >= 15 is 0 Å². The second-order valence-electron chi connectivity index (χ2n) is 4.02. The number of aliphatic hydroxyl groups excluding tert-OH is 1. The second kappa shape index (κ2) is 7.57. The van der Waals surface area contributed by atoms with Crippen molar-refractivity contribution in [1.82, 2.24) is 5.32 Å². The molecular weight excluding hydrogens is 348 g/mol. The minimum Gasteiger partial charge on any atom is -0.481 e. The summed E-state index contributed by atoms with van der Waals surface area (Å²) >= 11 is 22.6. The van der Waals surface area contributed by atoms with Crippen molar-refractivity contribution in [1.29, 1.82) is 0 Å². The molecule has 112 valence electrons. The van der Waals surface area contributed by atoms with Crippen LogP contribution < -0.4 is 10.1 Å². The van der Waals surface area contributed by atoms with Crippen LogP contribution >= 0.6 is 46.4 Å². The lowest BCUT2D eigenvalue weighted by Crippen LogP contribution is -2.50. The van der Waals surface area contributed by atoms with Gasteiger partial charge in [0.05, 0.1) is 5.88 Å². The number of alkyl halides is 3. The van der Waals surface area contributed by atoms with E-state index in [1.807, 2.05) is 0 Å². The average Bonchev–Trinajstić information content (AvgIpc) is 2.41. The van der Waals surface area contributed by atoms with Crippen LogP contribution in [0.2, 0.25) is 5.02 Å². The van der Waals surface area contributed by atoms with Crippen molar-refractivity contribution in [3.8, 4) is 5.75 Å². The summed E-state index contributed by atoms with van der Waals surface area (Å²) in [5, 5.41) is 12.4. The highest BCUT2D eigenvalue weighted by molar-refractivity contribution is 6.52.